The van der Waals surface area contributed by atoms with E-state index in [1.165, 1.54) is 64.2 Å². The maximum Gasteiger partial charge on any atom is 0.333 e. The Morgan fingerprint density at radius 1 is 1.03 bits per heavy atom. The van der Waals surface area contributed by atoms with Crippen molar-refractivity contribution in [2.45, 2.75) is 116 Å². The summed E-state index contributed by atoms with van der Waals surface area (Å²) < 4.78 is 5.54. The Kier molecular flexibility index (Phi) is 14.3. The molecule has 0 aromatic carbocycles. The number of hydrogen-bond donors (Lipinski definition) is 0. The monoisotopic (exact) mass is 405 g/mol. The van der Waals surface area contributed by atoms with Gasteiger partial charge in [0.25, 0.3) is 0 Å². The van der Waals surface area contributed by atoms with Gasteiger partial charge in [-0.3, -0.25) is 4.79 Å². The van der Waals surface area contributed by atoms with Gasteiger partial charge < -0.3 is 9.64 Å². The topological polar surface area (TPSA) is 46.6 Å². The van der Waals surface area contributed by atoms with E-state index in [-0.39, 0.29) is 18.0 Å². The fourth-order valence-corrected chi connectivity index (χ4v) is 3.65. The lowest BCUT2D eigenvalue weighted by molar-refractivity contribution is -0.142. The van der Waals surface area contributed by atoms with Crippen LogP contribution < -0.4 is 0 Å². The molecule has 1 rings (SSSR count). The van der Waals surface area contributed by atoms with E-state index in [9.17, 15) is 9.59 Å². The van der Waals surface area contributed by atoms with Crippen LogP contribution in [0.25, 0.3) is 0 Å². The van der Waals surface area contributed by atoms with Crippen molar-refractivity contribution in [2.24, 2.45) is 0 Å². The zero-order chi connectivity index (χ0) is 21.3. The second-order valence-corrected chi connectivity index (χ2v) is 8.43. The molecule has 1 unspecified atom stereocenters. The summed E-state index contributed by atoms with van der Waals surface area (Å²) in [7, 11) is 0. The average molecular weight is 406 g/mol. The SMILES string of the molecule is C=C(C)C(=O)OC(/C=C/N1CCCC1=O)CCCCCCCCCCCCCC. The van der Waals surface area contributed by atoms with E-state index in [2.05, 4.69) is 13.5 Å². The van der Waals surface area contributed by atoms with Gasteiger partial charge in [-0.05, 0) is 32.3 Å². The van der Waals surface area contributed by atoms with Gasteiger partial charge in [0.15, 0.2) is 0 Å². The Balaban J connectivity index is 2.18. The second-order valence-electron chi connectivity index (χ2n) is 8.43. The molecule has 1 heterocycles. The first-order valence-electron chi connectivity index (χ1n) is 11.9. The van der Waals surface area contributed by atoms with Crippen molar-refractivity contribution in [3.63, 3.8) is 0 Å². The van der Waals surface area contributed by atoms with E-state index < -0.39 is 0 Å². The quantitative estimate of drug-likeness (QED) is 0.154. The first-order valence-corrected chi connectivity index (χ1v) is 11.9. The fraction of sp³-hybridized carbons (Fsp3) is 0.760. The molecule has 0 N–H and O–H groups in total. The summed E-state index contributed by atoms with van der Waals surface area (Å²) in [4.78, 5) is 25.4. The average Bonchev–Trinajstić information content (AvgIpc) is 3.11. The molecule has 0 aromatic heterocycles. The fourth-order valence-electron chi connectivity index (χ4n) is 3.65. The van der Waals surface area contributed by atoms with Gasteiger partial charge in [-0.25, -0.2) is 4.79 Å². The third-order valence-corrected chi connectivity index (χ3v) is 5.54. The van der Waals surface area contributed by atoms with Gasteiger partial charge in [0.1, 0.15) is 6.10 Å². The highest BCUT2D eigenvalue weighted by molar-refractivity contribution is 5.87. The molecule has 1 atom stereocenters. The third kappa shape index (κ3) is 12.6. The number of unbranched alkanes of at least 4 members (excludes halogenated alkanes) is 11. The summed E-state index contributed by atoms with van der Waals surface area (Å²) in [5.41, 5.74) is 0.412. The van der Waals surface area contributed by atoms with Crippen molar-refractivity contribution in [3.8, 4) is 0 Å². The highest BCUT2D eigenvalue weighted by Crippen LogP contribution is 2.16. The van der Waals surface area contributed by atoms with Crippen LogP contribution in [0.1, 0.15) is 110 Å². The molecule has 29 heavy (non-hydrogen) atoms. The molecule has 0 radical (unpaired) electrons. The predicted octanol–water partition coefficient (Wildman–Crippen LogP) is 6.70. The maximum absolute atomic E-state index is 11.9. The zero-order valence-electron chi connectivity index (χ0n) is 18.9. The molecule has 0 bridgehead atoms. The highest BCUT2D eigenvalue weighted by atomic mass is 16.5. The molecular weight excluding hydrogens is 362 g/mol. The van der Waals surface area contributed by atoms with Crippen LogP contribution in [-0.4, -0.2) is 29.4 Å². The molecule has 1 fully saturated rings. The minimum absolute atomic E-state index is 0.150. The Morgan fingerprint density at radius 2 is 1.59 bits per heavy atom. The van der Waals surface area contributed by atoms with Gasteiger partial charge in [-0.1, -0.05) is 84.1 Å². The zero-order valence-corrected chi connectivity index (χ0v) is 18.9. The van der Waals surface area contributed by atoms with E-state index in [1.54, 1.807) is 18.0 Å². The number of esters is 1. The molecule has 1 amide bonds. The lowest BCUT2D eigenvalue weighted by Crippen LogP contribution is -2.21. The van der Waals surface area contributed by atoms with Gasteiger partial charge in [0.05, 0.1) is 0 Å². The molecule has 1 aliphatic rings. The Hall–Kier alpha value is -1.58. The molecule has 4 nitrogen and oxygen atoms in total. The number of likely N-dealkylation sites (tertiary alicyclic amines) is 1. The first kappa shape index (κ1) is 25.5. The molecule has 0 aliphatic carbocycles. The number of amides is 1. The second kappa shape index (κ2) is 16.2. The van der Waals surface area contributed by atoms with Gasteiger partial charge in [0, 0.05) is 24.7 Å². The molecule has 0 aromatic rings. The van der Waals surface area contributed by atoms with E-state index in [0.717, 1.165) is 32.2 Å². The smallest absolute Gasteiger partial charge is 0.333 e. The van der Waals surface area contributed by atoms with Crippen molar-refractivity contribution >= 4 is 11.9 Å². The van der Waals surface area contributed by atoms with E-state index in [1.807, 2.05) is 6.08 Å². The summed E-state index contributed by atoms with van der Waals surface area (Å²) in [5.74, 6) is -0.206. The van der Waals surface area contributed by atoms with Crippen LogP contribution in [0, 0.1) is 0 Å². The van der Waals surface area contributed by atoms with Crippen molar-refractivity contribution in [3.05, 3.63) is 24.4 Å². The van der Waals surface area contributed by atoms with E-state index in [4.69, 9.17) is 4.74 Å². The lowest BCUT2D eigenvalue weighted by atomic mass is 10.0. The van der Waals surface area contributed by atoms with Crippen LogP contribution in [0.3, 0.4) is 0 Å². The maximum atomic E-state index is 11.9. The normalized spacial score (nSPS) is 15.2. The van der Waals surface area contributed by atoms with Crippen molar-refractivity contribution in [2.75, 3.05) is 6.54 Å². The third-order valence-electron chi connectivity index (χ3n) is 5.54. The largest absolute Gasteiger partial charge is 0.455 e. The number of rotatable bonds is 17. The number of carbonyl (C=O) groups excluding carboxylic acids is 2. The minimum Gasteiger partial charge on any atom is -0.455 e. The predicted molar refractivity (Wildman–Crippen MR) is 120 cm³/mol. The number of hydrogen-bond acceptors (Lipinski definition) is 3. The number of nitrogens with zero attached hydrogens (tertiary/aromatic N) is 1. The van der Waals surface area contributed by atoms with E-state index in [0.29, 0.717) is 12.0 Å². The molecule has 4 heteroatoms. The molecule has 0 saturated carbocycles. The summed E-state index contributed by atoms with van der Waals surface area (Å²) in [6, 6.07) is 0. The minimum atomic E-state index is -0.355. The Bertz CT molecular complexity index is 512. The molecular formula is C25H43NO3. The Morgan fingerprint density at radius 3 is 2.07 bits per heavy atom. The van der Waals surface area contributed by atoms with Crippen molar-refractivity contribution < 1.29 is 14.3 Å². The highest BCUT2D eigenvalue weighted by Gasteiger charge is 2.19. The summed E-state index contributed by atoms with van der Waals surface area (Å²) in [6.07, 6.45) is 21.4. The number of carbonyl (C=O) groups is 2. The van der Waals surface area contributed by atoms with Crippen LogP contribution >= 0.6 is 0 Å². The van der Waals surface area contributed by atoms with Crippen LogP contribution in [0.15, 0.2) is 24.4 Å². The van der Waals surface area contributed by atoms with Gasteiger partial charge in [0.2, 0.25) is 5.91 Å². The van der Waals surface area contributed by atoms with Gasteiger partial charge >= 0.3 is 5.97 Å². The van der Waals surface area contributed by atoms with Crippen molar-refractivity contribution in [1.82, 2.24) is 4.90 Å². The summed E-state index contributed by atoms with van der Waals surface area (Å²) >= 11 is 0. The van der Waals surface area contributed by atoms with Crippen molar-refractivity contribution in [1.29, 1.82) is 0 Å². The molecule has 166 valence electrons. The standard InChI is InChI=1S/C25H43NO3/c1-4-5-6-7-8-9-10-11-12-13-14-15-17-23(29-25(28)22(2)3)19-21-26-20-16-18-24(26)27/h19,21,23H,2,4-18,20H2,1,3H3/b21-19+. The Labute approximate surface area is 178 Å². The lowest BCUT2D eigenvalue weighted by Gasteiger charge is -2.16. The molecule has 0 spiro atoms. The van der Waals surface area contributed by atoms with Crippen LogP contribution in [-0.2, 0) is 14.3 Å². The first-order chi connectivity index (χ1) is 14.0. The van der Waals surface area contributed by atoms with Crippen LogP contribution in [0.4, 0.5) is 0 Å². The van der Waals surface area contributed by atoms with Crippen LogP contribution in [0.2, 0.25) is 0 Å². The number of ether oxygens (including phenoxy) is 1. The van der Waals surface area contributed by atoms with Gasteiger partial charge in [-0.15, -0.1) is 0 Å². The van der Waals surface area contributed by atoms with Crippen LogP contribution in [0.5, 0.6) is 0 Å². The molecule has 1 aliphatic heterocycles. The summed E-state index contributed by atoms with van der Waals surface area (Å²) in [5, 5.41) is 0. The van der Waals surface area contributed by atoms with E-state index >= 15 is 0 Å². The summed E-state index contributed by atoms with van der Waals surface area (Å²) in [6.45, 7) is 8.34. The molecule has 1 saturated heterocycles. The van der Waals surface area contributed by atoms with Gasteiger partial charge in [-0.2, -0.15) is 0 Å².